The molecule has 3 heterocycles. The predicted octanol–water partition coefficient (Wildman–Crippen LogP) is 5.88. The minimum absolute atomic E-state index is 0.114. The van der Waals surface area contributed by atoms with Crippen LogP contribution in [0.4, 0.5) is 30.6 Å². The smallest absolute Gasteiger partial charge is 0.421 e. The summed E-state index contributed by atoms with van der Waals surface area (Å²) in [5, 5.41) is 23.2. The first kappa shape index (κ1) is 33.6. The van der Waals surface area contributed by atoms with E-state index in [0.717, 1.165) is 24.0 Å². The Morgan fingerprint density at radius 3 is 2.43 bits per heavy atom. The molecule has 12 nitrogen and oxygen atoms in total. The van der Waals surface area contributed by atoms with Crippen LogP contribution in [0.1, 0.15) is 78.1 Å². The van der Waals surface area contributed by atoms with Gasteiger partial charge in [-0.25, -0.2) is 4.98 Å². The van der Waals surface area contributed by atoms with Crippen LogP contribution in [0, 0.1) is 0 Å². The number of fused-ring (bicyclic) bond motifs is 1. The fraction of sp³-hybridized carbons (Fsp3) is 0.467. The Labute approximate surface area is 263 Å². The van der Waals surface area contributed by atoms with Crippen LogP contribution in [0.15, 0.2) is 41.7 Å². The number of aromatic nitrogens is 3. The predicted molar refractivity (Wildman–Crippen MR) is 161 cm³/mol. The summed E-state index contributed by atoms with van der Waals surface area (Å²) in [6, 6.07) is 6.27. The number of benzene rings is 1. The third kappa shape index (κ3) is 7.27. The van der Waals surface area contributed by atoms with E-state index in [4.69, 9.17) is 9.05 Å². The molecule has 3 N–H and O–H groups in total. The van der Waals surface area contributed by atoms with Gasteiger partial charge < -0.3 is 29.6 Å². The van der Waals surface area contributed by atoms with Crippen molar-refractivity contribution in [3.05, 3.63) is 70.0 Å². The maximum atomic E-state index is 14.1. The van der Waals surface area contributed by atoms with Gasteiger partial charge in [0.25, 0.3) is 11.9 Å². The van der Waals surface area contributed by atoms with Gasteiger partial charge in [0.15, 0.2) is 5.49 Å². The largest absolute Gasteiger partial charge is 0.427 e. The number of anilines is 2. The zero-order chi connectivity index (χ0) is 33.2. The molecule has 1 aliphatic heterocycles. The molecule has 248 valence electrons. The number of halogens is 3. The number of alkyl halides is 3. The van der Waals surface area contributed by atoms with Crippen LogP contribution in [-0.2, 0) is 32.5 Å². The lowest BCUT2D eigenvalue weighted by molar-refractivity contribution is -0.137. The number of aliphatic hydroxyl groups excluding tert-OH is 1. The van der Waals surface area contributed by atoms with Crippen LogP contribution in [0.3, 0.4) is 0 Å². The molecule has 0 saturated heterocycles. The molecule has 16 heteroatoms. The van der Waals surface area contributed by atoms with E-state index in [1.165, 1.54) is 23.2 Å². The van der Waals surface area contributed by atoms with Gasteiger partial charge in [-0.3, -0.25) is 9.36 Å². The number of pyridine rings is 1. The van der Waals surface area contributed by atoms with Crippen LogP contribution in [0.25, 0.3) is 0 Å². The van der Waals surface area contributed by atoms with Crippen LogP contribution in [0.2, 0.25) is 0 Å². The maximum Gasteiger partial charge on any atom is 0.421 e. The Hall–Kier alpha value is -3.78. The Morgan fingerprint density at radius 1 is 1.11 bits per heavy atom. The molecular formula is C30H36F3N6O6P. The molecule has 2 aromatic heterocycles. The monoisotopic (exact) mass is 664 g/mol. The molecule has 2 aliphatic rings. The first-order valence-electron chi connectivity index (χ1n) is 15.0. The second kappa shape index (κ2) is 13.5. The van der Waals surface area contributed by atoms with Gasteiger partial charge in [0, 0.05) is 26.0 Å². The lowest BCUT2D eigenvalue weighted by Crippen LogP contribution is -2.19. The van der Waals surface area contributed by atoms with Crippen LogP contribution >= 0.6 is 7.60 Å². The number of nitrogens with zero attached hydrogens (tertiary/aromatic N) is 5. The van der Waals surface area contributed by atoms with Gasteiger partial charge in [0.1, 0.15) is 11.4 Å². The average Bonchev–Trinajstić information content (AvgIpc) is 3.29. The highest BCUT2D eigenvalue weighted by molar-refractivity contribution is 7.53. The fourth-order valence-electron chi connectivity index (χ4n) is 5.86. The summed E-state index contributed by atoms with van der Waals surface area (Å²) in [5.41, 5.74) is 1.25. The highest BCUT2D eigenvalue weighted by Gasteiger charge is 2.37. The van der Waals surface area contributed by atoms with Gasteiger partial charge in [0.05, 0.1) is 36.7 Å². The molecule has 1 fully saturated rings. The normalized spacial score (nSPS) is 19.1. The number of rotatable bonds is 10. The minimum Gasteiger partial charge on any atom is -0.427 e. The molecule has 46 heavy (non-hydrogen) atoms. The van der Waals surface area contributed by atoms with E-state index in [0.29, 0.717) is 35.9 Å². The van der Waals surface area contributed by atoms with E-state index in [2.05, 4.69) is 20.3 Å². The fourth-order valence-corrected chi connectivity index (χ4v) is 7.54. The number of aliphatic hydroxyl groups is 1. The van der Waals surface area contributed by atoms with Gasteiger partial charge >= 0.3 is 13.8 Å². The molecule has 3 aromatic rings. The summed E-state index contributed by atoms with van der Waals surface area (Å²) in [6.07, 6.45) is -0.721. The molecule has 5 rings (SSSR count). The van der Waals surface area contributed by atoms with Crippen molar-refractivity contribution in [3.8, 4) is 0 Å². The summed E-state index contributed by atoms with van der Waals surface area (Å²) < 4.78 is 66.3. The SMILES string of the molecule is CCOP(=O)(Cc1ccc(=Nc2ncc(C(F)(F)F)c(Nc3ccc(C4CCC(O)CC4)c4c3C(=O)N(C)C4)n2)n(O)c1)OCC. The van der Waals surface area contributed by atoms with E-state index < -0.39 is 31.1 Å². The van der Waals surface area contributed by atoms with E-state index in [1.807, 2.05) is 6.07 Å². The van der Waals surface area contributed by atoms with Crippen molar-refractivity contribution in [3.63, 3.8) is 0 Å². The van der Waals surface area contributed by atoms with Crippen molar-refractivity contribution in [1.29, 1.82) is 0 Å². The molecule has 0 unspecified atom stereocenters. The van der Waals surface area contributed by atoms with Gasteiger partial charge in [-0.2, -0.15) is 27.9 Å². The number of hydrogen-bond donors (Lipinski definition) is 3. The summed E-state index contributed by atoms with van der Waals surface area (Å²) in [5.74, 6) is -1.21. The van der Waals surface area contributed by atoms with Gasteiger partial charge in [0.2, 0.25) is 0 Å². The first-order chi connectivity index (χ1) is 21.8. The highest BCUT2D eigenvalue weighted by atomic mass is 31.2. The zero-order valence-corrected chi connectivity index (χ0v) is 26.5. The van der Waals surface area contributed by atoms with E-state index >= 15 is 0 Å². The zero-order valence-electron chi connectivity index (χ0n) is 25.6. The average molecular weight is 665 g/mol. The number of carbonyl (C=O) groups excluding carboxylic acids is 1. The van der Waals surface area contributed by atoms with Gasteiger partial charge in [-0.1, -0.05) is 12.1 Å². The number of nitrogens with one attached hydrogen (secondary N) is 1. The van der Waals surface area contributed by atoms with Crippen molar-refractivity contribution in [2.75, 3.05) is 25.6 Å². The number of amides is 1. The second-order valence-corrected chi connectivity index (χ2v) is 13.3. The summed E-state index contributed by atoms with van der Waals surface area (Å²) in [4.78, 5) is 26.6. The summed E-state index contributed by atoms with van der Waals surface area (Å²) in [7, 11) is -1.83. The Balaban J connectivity index is 1.50. The lowest BCUT2D eigenvalue weighted by atomic mass is 9.80. The molecule has 0 atom stereocenters. The van der Waals surface area contributed by atoms with Crippen molar-refractivity contribution in [2.45, 2.75) is 70.4 Å². The van der Waals surface area contributed by atoms with Crippen molar-refractivity contribution < 1.29 is 41.9 Å². The Morgan fingerprint density at radius 2 is 1.80 bits per heavy atom. The van der Waals surface area contributed by atoms with E-state index in [-0.39, 0.29) is 54.0 Å². The van der Waals surface area contributed by atoms with Crippen LogP contribution in [-0.4, -0.2) is 62.2 Å². The standard InChI is InChI=1S/C30H36F3N6O6P/c1-4-44-46(43,45-5-2)17-18-6-13-25(39(42)15-18)36-29-34-14-23(30(31,32)33)27(37-29)35-24-12-11-21(19-7-9-20(40)10-8-19)22-16-38(3)28(41)26(22)24/h6,11-15,19-20,40,42H,4-5,7-10,16-17H2,1-3H3,(H,34,35,37). The highest BCUT2D eigenvalue weighted by Crippen LogP contribution is 2.51. The van der Waals surface area contributed by atoms with Crippen LogP contribution in [0.5, 0.6) is 0 Å². The van der Waals surface area contributed by atoms with E-state index in [9.17, 15) is 32.8 Å². The third-order valence-corrected chi connectivity index (χ3v) is 10.0. The molecule has 1 amide bonds. The molecule has 1 saturated carbocycles. The molecule has 1 aliphatic carbocycles. The molecule has 0 spiro atoms. The molecule has 0 radical (unpaired) electrons. The summed E-state index contributed by atoms with van der Waals surface area (Å²) in [6.45, 7) is 3.99. The maximum absolute atomic E-state index is 14.1. The van der Waals surface area contributed by atoms with Crippen molar-refractivity contribution in [2.24, 2.45) is 4.99 Å². The second-order valence-electron chi connectivity index (χ2n) is 11.2. The quantitative estimate of drug-likeness (QED) is 0.178. The topological polar surface area (TPSA) is 151 Å². The molecular weight excluding hydrogens is 628 g/mol. The Bertz CT molecular complexity index is 1710. The van der Waals surface area contributed by atoms with Gasteiger partial charge in [-0.15, -0.1) is 0 Å². The minimum atomic E-state index is -4.83. The van der Waals surface area contributed by atoms with Crippen molar-refractivity contribution >= 4 is 31.0 Å². The lowest BCUT2D eigenvalue weighted by Gasteiger charge is -2.27. The van der Waals surface area contributed by atoms with Gasteiger partial charge in [-0.05, 0) is 74.3 Å². The number of carbonyl (C=O) groups is 1. The first-order valence-corrected chi connectivity index (χ1v) is 16.7. The molecule has 1 aromatic carbocycles. The van der Waals surface area contributed by atoms with Crippen molar-refractivity contribution in [1.82, 2.24) is 19.6 Å². The molecule has 0 bridgehead atoms. The summed E-state index contributed by atoms with van der Waals surface area (Å²) >= 11 is 0. The number of hydrogen-bond acceptors (Lipinski definition) is 10. The third-order valence-electron chi connectivity index (χ3n) is 7.99. The Kier molecular flexibility index (Phi) is 9.87. The van der Waals surface area contributed by atoms with E-state index in [1.54, 1.807) is 27.0 Å². The van der Waals surface area contributed by atoms with Crippen LogP contribution < -0.4 is 10.8 Å².